The average molecular weight is 372 g/mol. The van der Waals surface area contributed by atoms with E-state index in [2.05, 4.69) is 0 Å². The number of Topliss-reactive ketones (excluding diaryl/α,β-unsaturated/α-hetero) is 1. The van der Waals surface area contributed by atoms with Crippen LogP contribution in [0.1, 0.15) is 26.5 Å². The van der Waals surface area contributed by atoms with Gasteiger partial charge in [-0.1, -0.05) is 0 Å². The van der Waals surface area contributed by atoms with Crippen LogP contribution in [0.4, 0.5) is 4.39 Å². The molecule has 0 bridgehead atoms. The number of benzene rings is 2. The highest BCUT2D eigenvalue weighted by molar-refractivity contribution is 6.02. The molecule has 0 fully saturated rings. The van der Waals surface area contributed by atoms with E-state index in [9.17, 15) is 14.0 Å². The lowest BCUT2D eigenvalue weighted by Crippen LogP contribution is -2.15. The van der Waals surface area contributed by atoms with Crippen LogP contribution in [0.25, 0.3) is 11.0 Å². The van der Waals surface area contributed by atoms with E-state index in [4.69, 9.17) is 18.6 Å². The molecule has 0 aliphatic heterocycles. The Morgan fingerprint density at radius 2 is 1.85 bits per heavy atom. The fourth-order valence-corrected chi connectivity index (χ4v) is 2.69. The number of rotatable bonds is 6. The van der Waals surface area contributed by atoms with Crippen LogP contribution < -0.4 is 9.47 Å². The molecule has 0 aliphatic rings. The van der Waals surface area contributed by atoms with Gasteiger partial charge < -0.3 is 18.6 Å². The van der Waals surface area contributed by atoms with Crippen molar-refractivity contribution in [2.75, 3.05) is 20.8 Å². The fourth-order valence-electron chi connectivity index (χ4n) is 2.69. The molecule has 3 aromatic rings. The third-order valence-corrected chi connectivity index (χ3v) is 4.13. The van der Waals surface area contributed by atoms with Gasteiger partial charge >= 0.3 is 5.97 Å². The van der Waals surface area contributed by atoms with Gasteiger partial charge in [0, 0.05) is 10.9 Å². The van der Waals surface area contributed by atoms with E-state index in [1.807, 2.05) is 0 Å². The second-order valence-electron chi connectivity index (χ2n) is 5.76. The summed E-state index contributed by atoms with van der Waals surface area (Å²) in [6.45, 7) is 1.14. The monoisotopic (exact) mass is 372 g/mol. The topological polar surface area (TPSA) is 75.0 Å². The van der Waals surface area contributed by atoms with E-state index < -0.39 is 24.2 Å². The van der Waals surface area contributed by atoms with Crippen LogP contribution in [-0.4, -0.2) is 32.6 Å². The van der Waals surface area contributed by atoms with E-state index in [1.54, 1.807) is 25.1 Å². The lowest BCUT2D eigenvalue weighted by atomic mass is 10.1. The summed E-state index contributed by atoms with van der Waals surface area (Å²) in [5.41, 5.74) is 1.07. The Morgan fingerprint density at radius 3 is 2.56 bits per heavy atom. The van der Waals surface area contributed by atoms with E-state index in [-0.39, 0.29) is 17.1 Å². The molecule has 0 amide bonds. The summed E-state index contributed by atoms with van der Waals surface area (Å²) in [6.07, 6.45) is 0. The van der Waals surface area contributed by atoms with Gasteiger partial charge in [0.25, 0.3) is 0 Å². The summed E-state index contributed by atoms with van der Waals surface area (Å²) in [5.74, 6) is -1.14. The number of carbonyl (C=O) groups is 2. The number of halogens is 1. The van der Waals surface area contributed by atoms with Crippen molar-refractivity contribution in [2.45, 2.75) is 6.92 Å². The number of methoxy groups -OCH3 is 2. The second-order valence-corrected chi connectivity index (χ2v) is 5.76. The summed E-state index contributed by atoms with van der Waals surface area (Å²) in [4.78, 5) is 24.6. The largest absolute Gasteiger partial charge is 0.497 e. The second kappa shape index (κ2) is 7.49. The van der Waals surface area contributed by atoms with Crippen molar-refractivity contribution < 1.29 is 32.6 Å². The highest BCUT2D eigenvalue weighted by atomic mass is 19.1. The molecule has 2 aromatic carbocycles. The predicted molar refractivity (Wildman–Crippen MR) is 95.1 cm³/mol. The molecule has 27 heavy (non-hydrogen) atoms. The van der Waals surface area contributed by atoms with E-state index in [1.165, 1.54) is 26.4 Å². The molecule has 0 saturated heterocycles. The molecule has 0 atom stereocenters. The molecule has 1 aromatic heterocycles. The zero-order valence-electron chi connectivity index (χ0n) is 15.0. The number of carbonyl (C=O) groups excluding carboxylic acids is 2. The minimum absolute atomic E-state index is 0.00254. The summed E-state index contributed by atoms with van der Waals surface area (Å²) >= 11 is 0. The minimum Gasteiger partial charge on any atom is -0.497 e. The lowest BCUT2D eigenvalue weighted by Gasteiger charge is -2.08. The summed E-state index contributed by atoms with van der Waals surface area (Å²) in [6, 6.07) is 8.68. The number of furan rings is 1. The molecule has 140 valence electrons. The highest BCUT2D eigenvalue weighted by Gasteiger charge is 2.22. The van der Waals surface area contributed by atoms with Gasteiger partial charge in [0.1, 0.15) is 22.9 Å². The van der Waals surface area contributed by atoms with Gasteiger partial charge in [-0.2, -0.15) is 0 Å². The number of aryl methyl sites for hydroxylation is 1. The summed E-state index contributed by atoms with van der Waals surface area (Å²) < 4.78 is 34.2. The van der Waals surface area contributed by atoms with Crippen LogP contribution in [0.2, 0.25) is 0 Å². The molecule has 0 unspecified atom stereocenters. The molecule has 3 rings (SSSR count). The minimum atomic E-state index is -0.786. The molecule has 0 N–H and O–H groups in total. The number of fused-ring (bicyclic) bond motifs is 1. The average Bonchev–Trinajstić information content (AvgIpc) is 3.01. The van der Waals surface area contributed by atoms with E-state index in [0.717, 1.165) is 6.07 Å². The number of ketones is 1. The zero-order chi connectivity index (χ0) is 19.6. The van der Waals surface area contributed by atoms with Gasteiger partial charge in [-0.25, -0.2) is 9.18 Å². The van der Waals surface area contributed by atoms with Crippen molar-refractivity contribution in [2.24, 2.45) is 0 Å². The molecule has 6 nitrogen and oxygen atoms in total. The Labute approximate surface area is 154 Å². The van der Waals surface area contributed by atoms with Gasteiger partial charge in [0.05, 0.1) is 19.8 Å². The molecular formula is C20H17FO6. The highest BCUT2D eigenvalue weighted by Crippen LogP contribution is 2.29. The number of hydrogen-bond donors (Lipinski definition) is 0. The van der Waals surface area contributed by atoms with Crippen molar-refractivity contribution in [1.82, 2.24) is 0 Å². The van der Waals surface area contributed by atoms with Crippen LogP contribution >= 0.6 is 0 Å². The molecule has 0 saturated carbocycles. The van der Waals surface area contributed by atoms with Gasteiger partial charge in [-0.3, -0.25) is 4.79 Å². The van der Waals surface area contributed by atoms with E-state index >= 15 is 0 Å². The van der Waals surface area contributed by atoms with Crippen molar-refractivity contribution in [3.05, 3.63) is 59.1 Å². The maximum Gasteiger partial charge on any atom is 0.375 e. The van der Waals surface area contributed by atoms with Gasteiger partial charge in [-0.05, 0) is 43.3 Å². The number of hydrogen-bond acceptors (Lipinski definition) is 6. The third-order valence-electron chi connectivity index (χ3n) is 4.13. The molecular weight excluding hydrogens is 355 g/mol. The quantitative estimate of drug-likeness (QED) is 0.482. The Morgan fingerprint density at radius 1 is 1.07 bits per heavy atom. The van der Waals surface area contributed by atoms with Crippen LogP contribution in [0.3, 0.4) is 0 Å². The van der Waals surface area contributed by atoms with Crippen molar-refractivity contribution in [1.29, 1.82) is 0 Å². The van der Waals surface area contributed by atoms with Gasteiger partial charge in [0.2, 0.25) is 11.5 Å². The van der Waals surface area contributed by atoms with E-state index in [0.29, 0.717) is 22.3 Å². The van der Waals surface area contributed by atoms with Crippen LogP contribution in [0.5, 0.6) is 11.5 Å². The predicted octanol–water partition coefficient (Wildman–Crippen LogP) is 3.94. The Balaban J connectivity index is 1.78. The van der Waals surface area contributed by atoms with Crippen LogP contribution in [0.15, 0.2) is 40.8 Å². The Bertz CT molecular complexity index is 1020. The third kappa shape index (κ3) is 3.62. The van der Waals surface area contributed by atoms with Gasteiger partial charge in [-0.15, -0.1) is 0 Å². The SMILES string of the molecule is COc1ccc2oc(C(=O)OCC(=O)c3cc(F)ccc3OC)c(C)c2c1. The van der Waals surface area contributed by atoms with Crippen molar-refractivity contribution >= 4 is 22.7 Å². The maximum absolute atomic E-state index is 13.4. The normalized spacial score (nSPS) is 10.7. The summed E-state index contributed by atoms with van der Waals surface area (Å²) in [7, 11) is 2.90. The molecule has 7 heteroatoms. The Kier molecular flexibility index (Phi) is 5.12. The first-order valence-electron chi connectivity index (χ1n) is 8.05. The van der Waals surface area contributed by atoms with Crippen LogP contribution in [0, 0.1) is 12.7 Å². The lowest BCUT2D eigenvalue weighted by molar-refractivity contribution is 0.0444. The van der Waals surface area contributed by atoms with Crippen LogP contribution in [-0.2, 0) is 4.74 Å². The number of ether oxygens (including phenoxy) is 3. The summed E-state index contributed by atoms with van der Waals surface area (Å²) in [5, 5.41) is 0.708. The fraction of sp³-hybridized carbons (Fsp3) is 0.200. The maximum atomic E-state index is 13.4. The molecule has 1 heterocycles. The first-order valence-corrected chi connectivity index (χ1v) is 8.05. The molecule has 0 aliphatic carbocycles. The Hall–Kier alpha value is -3.35. The number of esters is 1. The van der Waals surface area contributed by atoms with Gasteiger partial charge in [0.15, 0.2) is 6.61 Å². The first kappa shape index (κ1) is 18.4. The smallest absolute Gasteiger partial charge is 0.375 e. The molecule has 0 spiro atoms. The standard InChI is InChI=1S/C20H17FO6/c1-11-14-9-13(24-2)5-7-18(14)27-19(11)20(23)26-10-16(22)15-8-12(21)4-6-17(15)25-3/h4-9H,10H2,1-3H3. The first-order chi connectivity index (χ1) is 12.9. The molecule has 0 radical (unpaired) electrons. The van der Waals surface area contributed by atoms with Crippen molar-refractivity contribution in [3.8, 4) is 11.5 Å². The van der Waals surface area contributed by atoms with Crippen molar-refractivity contribution in [3.63, 3.8) is 0 Å². The zero-order valence-corrected chi connectivity index (χ0v) is 15.0.